The predicted molar refractivity (Wildman–Crippen MR) is 65.0 cm³/mol. The van der Waals surface area contributed by atoms with E-state index in [9.17, 15) is 9.90 Å². The smallest absolute Gasteiger partial charge is 0.239 e. The van der Waals surface area contributed by atoms with E-state index in [1.165, 1.54) is 0 Å². The number of halogens is 1. The topological polar surface area (TPSA) is 49.3 Å². The molecule has 0 aliphatic carbocycles. The molecule has 0 heterocycles. The maximum absolute atomic E-state index is 11.2. The van der Waals surface area contributed by atoms with Gasteiger partial charge >= 0.3 is 0 Å². The number of amides is 1. The van der Waals surface area contributed by atoms with Crippen LogP contribution >= 0.6 is 11.6 Å². The van der Waals surface area contributed by atoms with Gasteiger partial charge in [0, 0.05) is 16.5 Å². The zero-order valence-electron chi connectivity index (χ0n) is 8.40. The zero-order chi connectivity index (χ0) is 11.5. The monoisotopic (exact) mass is 235 g/mol. The second kappa shape index (κ2) is 4.41. The highest BCUT2D eigenvalue weighted by atomic mass is 35.5. The molecule has 0 saturated heterocycles. The van der Waals surface area contributed by atoms with E-state index in [4.69, 9.17) is 11.6 Å². The van der Waals surface area contributed by atoms with Crippen LogP contribution in [-0.2, 0) is 4.79 Å². The normalized spacial score (nSPS) is 10.3. The van der Waals surface area contributed by atoms with Crippen molar-refractivity contribution in [3.8, 4) is 5.75 Å². The standard InChI is InChI=1S/C12H10ClNO2/c13-7-12(16)14-10-5-1-4-9-8(10)3-2-6-11(9)15/h1-6,15H,7H2,(H,14,16). The third-order valence-corrected chi connectivity index (χ3v) is 2.54. The number of phenolic OH excluding ortho intramolecular Hbond substituents is 1. The molecule has 4 heteroatoms. The van der Waals surface area contributed by atoms with Gasteiger partial charge in [-0.05, 0) is 12.1 Å². The van der Waals surface area contributed by atoms with Crippen LogP contribution in [0.25, 0.3) is 10.8 Å². The van der Waals surface area contributed by atoms with Crippen LogP contribution in [0.3, 0.4) is 0 Å². The van der Waals surface area contributed by atoms with E-state index in [-0.39, 0.29) is 17.5 Å². The minimum Gasteiger partial charge on any atom is -0.507 e. The van der Waals surface area contributed by atoms with E-state index in [0.717, 1.165) is 5.39 Å². The lowest BCUT2D eigenvalue weighted by Crippen LogP contribution is -2.12. The van der Waals surface area contributed by atoms with Gasteiger partial charge in [0.15, 0.2) is 0 Å². The van der Waals surface area contributed by atoms with Crippen LogP contribution in [0.5, 0.6) is 5.75 Å². The van der Waals surface area contributed by atoms with Crippen molar-refractivity contribution in [1.29, 1.82) is 0 Å². The van der Waals surface area contributed by atoms with E-state index < -0.39 is 0 Å². The molecule has 0 unspecified atom stereocenters. The first-order valence-corrected chi connectivity index (χ1v) is 5.32. The molecule has 0 aromatic heterocycles. The number of alkyl halides is 1. The number of carbonyl (C=O) groups excluding carboxylic acids is 1. The van der Waals surface area contributed by atoms with Crippen LogP contribution in [0.1, 0.15) is 0 Å². The van der Waals surface area contributed by atoms with Crippen molar-refractivity contribution in [2.45, 2.75) is 0 Å². The summed E-state index contributed by atoms with van der Waals surface area (Å²) in [5.74, 6) is -0.160. The quantitative estimate of drug-likeness (QED) is 0.787. The van der Waals surface area contributed by atoms with Crippen LogP contribution in [0, 0.1) is 0 Å². The average Bonchev–Trinajstić information content (AvgIpc) is 2.30. The van der Waals surface area contributed by atoms with Gasteiger partial charge in [-0.2, -0.15) is 0 Å². The molecule has 2 N–H and O–H groups in total. The summed E-state index contributed by atoms with van der Waals surface area (Å²) in [4.78, 5) is 11.2. The Morgan fingerprint density at radius 2 is 1.88 bits per heavy atom. The molecule has 3 nitrogen and oxygen atoms in total. The van der Waals surface area contributed by atoms with Crippen molar-refractivity contribution >= 4 is 34.0 Å². The molecule has 0 saturated carbocycles. The van der Waals surface area contributed by atoms with Gasteiger partial charge in [0.1, 0.15) is 11.6 Å². The first-order chi connectivity index (χ1) is 7.72. The summed E-state index contributed by atoms with van der Waals surface area (Å²) in [6.45, 7) is 0. The fraction of sp³-hybridized carbons (Fsp3) is 0.0833. The molecule has 82 valence electrons. The van der Waals surface area contributed by atoms with Crippen LogP contribution < -0.4 is 5.32 Å². The molecular formula is C12H10ClNO2. The molecule has 0 aliphatic rings. The van der Waals surface area contributed by atoms with E-state index in [1.54, 1.807) is 30.3 Å². The Balaban J connectivity index is 2.54. The Morgan fingerprint density at radius 3 is 2.62 bits per heavy atom. The van der Waals surface area contributed by atoms with E-state index in [1.807, 2.05) is 6.07 Å². The van der Waals surface area contributed by atoms with Gasteiger partial charge in [-0.3, -0.25) is 4.79 Å². The third-order valence-electron chi connectivity index (χ3n) is 2.29. The molecule has 0 atom stereocenters. The number of hydrogen-bond acceptors (Lipinski definition) is 2. The van der Waals surface area contributed by atoms with Gasteiger partial charge in [0.25, 0.3) is 0 Å². The summed E-state index contributed by atoms with van der Waals surface area (Å²) in [5.41, 5.74) is 0.652. The number of rotatable bonds is 2. The molecule has 0 spiro atoms. The minimum atomic E-state index is -0.266. The molecule has 1 amide bonds. The maximum atomic E-state index is 11.2. The van der Waals surface area contributed by atoms with E-state index >= 15 is 0 Å². The van der Waals surface area contributed by atoms with Crippen molar-refractivity contribution in [2.75, 3.05) is 11.2 Å². The van der Waals surface area contributed by atoms with Crippen molar-refractivity contribution in [3.05, 3.63) is 36.4 Å². The summed E-state index contributed by atoms with van der Waals surface area (Å²) in [7, 11) is 0. The van der Waals surface area contributed by atoms with Gasteiger partial charge in [0.2, 0.25) is 5.91 Å². The van der Waals surface area contributed by atoms with Gasteiger partial charge < -0.3 is 10.4 Å². The van der Waals surface area contributed by atoms with Crippen molar-refractivity contribution in [1.82, 2.24) is 0 Å². The summed E-state index contributed by atoms with van der Waals surface area (Å²) in [6.07, 6.45) is 0. The van der Waals surface area contributed by atoms with Crippen LogP contribution in [0.4, 0.5) is 5.69 Å². The van der Waals surface area contributed by atoms with E-state index in [0.29, 0.717) is 11.1 Å². The van der Waals surface area contributed by atoms with Crippen LogP contribution in [-0.4, -0.2) is 16.9 Å². The number of carbonyl (C=O) groups is 1. The summed E-state index contributed by atoms with van der Waals surface area (Å²) < 4.78 is 0. The highest BCUT2D eigenvalue weighted by molar-refractivity contribution is 6.29. The molecule has 2 rings (SSSR count). The summed E-state index contributed by atoms with van der Waals surface area (Å²) in [5, 5.41) is 13.8. The Kier molecular flexibility index (Phi) is 2.97. The summed E-state index contributed by atoms with van der Waals surface area (Å²) >= 11 is 5.42. The highest BCUT2D eigenvalue weighted by Gasteiger charge is 2.06. The number of aromatic hydroxyl groups is 1. The van der Waals surface area contributed by atoms with Crippen molar-refractivity contribution in [2.24, 2.45) is 0 Å². The Bertz CT molecular complexity index is 540. The second-order valence-corrected chi connectivity index (χ2v) is 3.63. The number of fused-ring (bicyclic) bond motifs is 1. The molecule has 2 aromatic carbocycles. The lowest BCUT2D eigenvalue weighted by molar-refractivity contribution is -0.113. The molecule has 0 fully saturated rings. The van der Waals surface area contributed by atoms with E-state index in [2.05, 4.69) is 5.32 Å². The highest BCUT2D eigenvalue weighted by Crippen LogP contribution is 2.29. The third kappa shape index (κ3) is 1.95. The molecular weight excluding hydrogens is 226 g/mol. The number of benzene rings is 2. The summed E-state index contributed by atoms with van der Waals surface area (Å²) in [6, 6.07) is 10.5. The van der Waals surface area contributed by atoms with Gasteiger partial charge in [-0.1, -0.05) is 24.3 Å². The fourth-order valence-corrected chi connectivity index (χ4v) is 1.65. The van der Waals surface area contributed by atoms with Gasteiger partial charge in [-0.25, -0.2) is 0 Å². The lowest BCUT2D eigenvalue weighted by Gasteiger charge is -2.08. The Labute approximate surface area is 97.7 Å². The molecule has 0 radical (unpaired) electrons. The number of hydrogen-bond donors (Lipinski definition) is 2. The number of nitrogens with one attached hydrogen (secondary N) is 1. The Morgan fingerprint density at radius 1 is 1.19 bits per heavy atom. The van der Waals surface area contributed by atoms with Gasteiger partial charge in [0.05, 0.1) is 0 Å². The van der Waals surface area contributed by atoms with Gasteiger partial charge in [-0.15, -0.1) is 11.6 Å². The van der Waals surface area contributed by atoms with Crippen LogP contribution in [0.2, 0.25) is 0 Å². The largest absolute Gasteiger partial charge is 0.507 e. The van der Waals surface area contributed by atoms with Crippen molar-refractivity contribution in [3.63, 3.8) is 0 Å². The SMILES string of the molecule is O=C(CCl)Nc1cccc2c(O)cccc12. The minimum absolute atomic E-state index is 0.0881. The van der Waals surface area contributed by atoms with Crippen molar-refractivity contribution < 1.29 is 9.90 Å². The molecule has 0 bridgehead atoms. The fourth-order valence-electron chi connectivity index (χ4n) is 1.59. The average molecular weight is 236 g/mol. The second-order valence-electron chi connectivity index (χ2n) is 3.36. The lowest BCUT2D eigenvalue weighted by atomic mass is 10.1. The zero-order valence-corrected chi connectivity index (χ0v) is 9.16. The number of anilines is 1. The molecule has 16 heavy (non-hydrogen) atoms. The van der Waals surface area contributed by atoms with Crippen LogP contribution in [0.15, 0.2) is 36.4 Å². The first kappa shape index (κ1) is 10.8. The predicted octanol–water partition coefficient (Wildman–Crippen LogP) is 2.72. The molecule has 2 aromatic rings. The molecule has 0 aliphatic heterocycles. The number of phenols is 1. The maximum Gasteiger partial charge on any atom is 0.239 e. The Hall–Kier alpha value is -1.74. The first-order valence-electron chi connectivity index (χ1n) is 4.79.